The number of piperazine rings is 1. The normalized spacial score (nSPS) is 19.6. The Labute approximate surface area is 287 Å². The van der Waals surface area contributed by atoms with E-state index in [1.165, 1.54) is 23.5 Å². The molecule has 3 aliphatic heterocycles. The van der Waals surface area contributed by atoms with E-state index in [1.807, 2.05) is 22.9 Å². The predicted octanol–water partition coefficient (Wildman–Crippen LogP) is 4.53. The van der Waals surface area contributed by atoms with Crippen LogP contribution in [0.4, 0.5) is 25.3 Å². The molecule has 0 bridgehead atoms. The van der Waals surface area contributed by atoms with Gasteiger partial charge in [0.1, 0.15) is 37.8 Å². The number of sulfone groups is 1. The number of rotatable bonds is 6. The molecule has 49 heavy (non-hydrogen) atoms. The number of benzene rings is 2. The molecule has 254 valence electrons. The van der Waals surface area contributed by atoms with E-state index >= 15 is 4.39 Å². The Kier molecular flexibility index (Phi) is 7.84. The Morgan fingerprint density at radius 1 is 1.04 bits per heavy atom. The number of anilines is 3. The van der Waals surface area contributed by atoms with E-state index < -0.39 is 15.7 Å². The van der Waals surface area contributed by atoms with Crippen molar-refractivity contribution < 1.29 is 22.0 Å². The molecule has 0 saturated carbocycles. The summed E-state index contributed by atoms with van der Waals surface area (Å²) in [7, 11) is -1.06. The number of fused-ring (bicyclic) bond motifs is 2. The fraction of sp³-hybridized carbons (Fsp3) is 0.429. The maximum Gasteiger partial charge on any atom is 0.236 e. The lowest BCUT2D eigenvalue weighted by atomic mass is 9.74. The molecule has 0 unspecified atom stereocenters. The SMILES string of the molecule is CN(c1nc(-c2ccc(F)cc2)c(C#N)s1)c1c2c(nc3c(F)cc(N4CCN(CC(=O)N5CC6(CCS(=O)(=O)CC6)C5)CC4)cc13)CC2. The smallest absolute Gasteiger partial charge is 0.236 e. The number of amides is 1. The van der Waals surface area contributed by atoms with Gasteiger partial charge in [-0.15, -0.1) is 0 Å². The van der Waals surface area contributed by atoms with Crippen LogP contribution in [-0.4, -0.2) is 98.5 Å². The van der Waals surface area contributed by atoms with Crippen molar-refractivity contribution in [3.63, 3.8) is 0 Å². The zero-order valence-corrected chi connectivity index (χ0v) is 28.7. The van der Waals surface area contributed by atoms with Crippen LogP contribution in [-0.2, 0) is 27.5 Å². The molecule has 4 aromatic rings. The highest BCUT2D eigenvalue weighted by atomic mass is 32.2. The summed E-state index contributed by atoms with van der Waals surface area (Å²) in [6.45, 7) is 4.15. The van der Waals surface area contributed by atoms with Gasteiger partial charge in [-0.1, -0.05) is 11.3 Å². The number of carbonyl (C=O) groups excluding carboxylic acids is 1. The molecule has 1 amide bonds. The number of aromatic nitrogens is 2. The van der Waals surface area contributed by atoms with Gasteiger partial charge in [0.05, 0.1) is 23.7 Å². The van der Waals surface area contributed by atoms with Gasteiger partial charge in [0.25, 0.3) is 0 Å². The third-order valence-electron chi connectivity index (χ3n) is 10.6. The molecular formula is C35H35F2N7O3S2. The lowest BCUT2D eigenvalue weighted by molar-refractivity contribution is -0.145. The molecule has 8 rings (SSSR count). The molecule has 10 nitrogen and oxygen atoms in total. The average molecular weight is 704 g/mol. The Morgan fingerprint density at radius 2 is 1.76 bits per heavy atom. The van der Waals surface area contributed by atoms with Crippen molar-refractivity contribution in [1.82, 2.24) is 19.8 Å². The number of hydrogen-bond donors (Lipinski definition) is 0. The molecule has 0 radical (unpaired) electrons. The van der Waals surface area contributed by atoms with Crippen LogP contribution in [0.2, 0.25) is 0 Å². The minimum absolute atomic E-state index is 0.0365. The van der Waals surface area contributed by atoms with Gasteiger partial charge in [-0.05, 0) is 67.6 Å². The maximum atomic E-state index is 15.8. The van der Waals surface area contributed by atoms with Gasteiger partial charge >= 0.3 is 0 Å². The monoisotopic (exact) mass is 703 g/mol. The van der Waals surface area contributed by atoms with E-state index in [2.05, 4.69) is 20.9 Å². The highest BCUT2D eigenvalue weighted by Crippen LogP contribution is 2.45. The highest BCUT2D eigenvalue weighted by molar-refractivity contribution is 7.91. The standard InChI is InChI=1S/C35H35F2N7O3S2/c1-41(34-40-31(29(18-38)48-34)22-2-4-23(36)5-3-22)33-25-6-7-28(25)39-32-26(33)16-24(17-27(32)37)43-12-10-42(11-13-43)19-30(45)44-20-35(21-44)8-14-49(46,47)15-9-35/h2-5,16-17H,6-15,19-21H2,1H3. The van der Waals surface area contributed by atoms with Crippen LogP contribution in [0.1, 0.15) is 29.0 Å². The average Bonchev–Trinajstić information content (AvgIpc) is 3.49. The topological polar surface area (TPSA) is 114 Å². The molecule has 2 aromatic heterocycles. The van der Waals surface area contributed by atoms with Gasteiger partial charge in [0, 0.05) is 74.1 Å². The summed E-state index contributed by atoms with van der Waals surface area (Å²) in [5.41, 5.74) is 4.85. The van der Waals surface area contributed by atoms with E-state index in [4.69, 9.17) is 4.98 Å². The number of nitriles is 1. The third kappa shape index (κ3) is 5.81. The number of pyridine rings is 1. The van der Waals surface area contributed by atoms with E-state index in [9.17, 15) is 22.9 Å². The number of nitrogens with zero attached hydrogens (tertiary/aromatic N) is 7. The molecule has 4 aliphatic rings. The van der Waals surface area contributed by atoms with Crippen molar-refractivity contribution in [1.29, 1.82) is 5.26 Å². The summed E-state index contributed by atoms with van der Waals surface area (Å²) < 4.78 is 53.1. The first-order chi connectivity index (χ1) is 23.5. The number of thiazole rings is 1. The van der Waals surface area contributed by atoms with Crippen LogP contribution in [0.3, 0.4) is 0 Å². The number of carbonyl (C=O) groups is 1. The molecular weight excluding hydrogens is 669 g/mol. The van der Waals surface area contributed by atoms with Crippen LogP contribution in [0.25, 0.3) is 22.2 Å². The van der Waals surface area contributed by atoms with Crippen LogP contribution in [0.5, 0.6) is 0 Å². The van der Waals surface area contributed by atoms with E-state index in [0.717, 1.165) is 35.5 Å². The van der Waals surface area contributed by atoms with Gasteiger partial charge in [-0.3, -0.25) is 9.69 Å². The Balaban J connectivity index is 0.995. The van der Waals surface area contributed by atoms with Gasteiger partial charge < -0.3 is 14.7 Å². The Morgan fingerprint density at radius 3 is 2.41 bits per heavy atom. The summed E-state index contributed by atoms with van der Waals surface area (Å²) in [4.78, 5) is 31.0. The summed E-state index contributed by atoms with van der Waals surface area (Å²) in [5.74, 6) is -0.264. The van der Waals surface area contributed by atoms with Crippen LogP contribution >= 0.6 is 11.3 Å². The number of halogens is 2. The van der Waals surface area contributed by atoms with Gasteiger partial charge in [0.15, 0.2) is 10.9 Å². The van der Waals surface area contributed by atoms with Gasteiger partial charge in [-0.2, -0.15) is 5.26 Å². The second kappa shape index (κ2) is 12.0. The molecule has 3 saturated heterocycles. The molecule has 1 spiro atoms. The Bertz CT molecular complexity index is 2120. The van der Waals surface area contributed by atoms with Crippen molar-refractivity contribution in [3.8, 4) is 17.3 Å². The summed E-state index contributed by atoms with van der Waals surface area (Å²) >= 11 is 1.24. The first kappa shape index (κ1) is 32.0. The molecule has 0 atom stereocenters. The van der Waals surface area contributed by atoms with Crippen molar-refractivity contribution in [3.05, 3.63) is 64.2 Å². The molecule has 5 heterocycles. The lowest BCUT2D eigenvalue weighted by Crippen LogP contribution is -2.62. The van der Waals surface area contributed by atoms with Crippen LogP contribution in [0.15, 0.2) is 36.4 Å². The minimum atomic E-state index is -2.94. The second-order valence-electron chi connectivity index (χ2n) is 13.7. The summed E-state index contributed by atoms with van der Waals surface area (Å²) in [6.07, 6.45) is 2.83. The van der Waals surface area contributed by atoms with Crippen molar-refractivity contribution >= 4 is 54.5 Å². The fourth-order valence-electron chi connectivity index (χ4n) is 7.59. The van der Waals surface area contributed by atoms with E-state index in [1.54, 1.807) is 18.2 Å². The Hall–Kier alpha value is -4.19. The van der Waals surface area contributed by atoms with Gasteiger partial charge in [0.2, 0.25) is 5.91 Å². The summed E-state index contributed by atoms with van der Waals surface area (Å²) in [5, 5.41) is 11.1. The third-order valence-corrected chi connectivity index (χ3v) is 13.3. The number of aryl methyl sites for hydroxylation is 1. The predicted molar refractivity (Wildman–Crippen MR) is 185 cm³/mol. The van der Waals surface area contributed by atoms with Gasteiger partial charge in [-0.25, -0.2) is 27.2 Å². The lowest BCUT2D eigenvalue weighted by Gasteiger charge is -2.52. The molecule has 3 fully saturated rings. The first-order valence-electron chi connectivity index (χ1n) is 16.5. The minimum Gasteiger partial charge on any atom is -0.369 e. The zero-order chi connectivity index (χ0) is 34.1. The largest absolute Gasteiger partial charge is 0.369 e. The van der Waals surface area contributed by atoms with Crippen molar-refractivity contribution in [2.45, 2.75) is 25.7 Å². The molecule has 1 aliphatic carbocycles. The summed E-state index contributed by atoms with van der Waals surface area (Å²) in [6, 6.07) is 11.7. The molecule has 0 N–H and O–H groups in total. The molecule has 14 heteroatoms. The van der Waals surface area contributed by atoms with Crippen LogP contribution < -0.4 is 9.80 Å². The van der Waals surface area contributed by atoms with E-state index in [0.29, 0.717) is 90.8 Å². The van der Waals surface area contributed by atoms with Crippen LogP contribution in [0, 0.1) is 28.4 Å². The molecule has 2 aromatic carbocycles. The maximum absolute atomic E-state index is 15.8. The second-order valence-corrected chi connectivity index (χ2v) is 17.0. The number of likely N-dealkylation sites (tertiary alicyclic amines) is 1. The quantitative estimate of drug-likeness (QED) is 0.286. The van der Waals surface area contributed by atoms with E-state index in [-0.39, 0.29) is 28.6 Å². The highest BCUT2D eigenvalue weighted by Gasteiger charge is 2.48. The number of hydrogen-bond acceptors (Lipinski definition) is 10. The van der Waals surface area contributed by atoms with Crippen molar-refractivity contribution in [2.75, 3.05) is 74.2 Å². The zero-order valence-electron chi connectivity index (χ0n) is 27.1. The van der Waals surface area contributed by atoms with Crippen molar-refractivity contribution in [2.24, 2.45) is 5.41 Å². The fourth-order valence-corrected chi connectivity index (χ4v) is 10.1. The first-order valence-corrected chi connectivity index (χ1v) is 19.2.